The molecule has 0 amide bonds. The maximum atomic E-state index is 5.86. The highest BCUT2D eigenvalue weighted by Gasteiger charge is 2.24. The van der Waals surface area contributed by atoms with Crippen molar-refractivity contribution >= 4 is 0 Å². The number of nitrogens with zero attached hydrogens (tertiary/aromatic N) is 1. The van der Waals surface area contributed by atoms with Crippen molar-refractivity contribution in [3.05, 3.63) is 23.2 Å². The number of hydrogen-bond donors (Lipinski definition) is 1. The van der Waals surface area contributed by atoms with Gasteiger partial charge in [0.25, 0.3) is 0 Å². The molecule has 1 aliphatic carbocycles. The third-order valence-corrected chi connectivity index (χ3v) is 3.68. The molecule has 18 heavy (non-hydrogen) atoms. The maximum Gasteiger partial charge on any atom is 0.118 e. The zero-order valence-electron chi connectivity index (χ0n) is 12.0. The Morgan fingerprint density at radius 2 is 2.17 bits per heavy atom. The molecule has 1 heterocycles. The van der Waals surface area contributed by atoms with E-state index in [4.69, 9.17) is 4.42 Å². The van der Waals surface area contributed by atoms with Crippen molar-refractivity contribution in [3.8, 4) is 0 Å². The van der Waals surface area contributed by atoms with E-state index in [9.17, 15) is 0 Å². The molecule has 1 aromatic heterocycles. The summed E-state index contributed by atoms with van der Waals surface area (Å²) in [6.45, 7) is 11.6. The molecular weight excluding hydrogens is 224 g/mol. The van der Waals surface area contributed by atoms with Crippen LogP contribution < -0.4 is 5.32 Å². The van der Waals surface area contributed by atoms with Crippen LogP contribution in [0.3, 0.4) is 0 Å². The van der Waals surface area contributed by atoms with Crippen LogP contribution in [0.15, 0.2) is 10.5 Å². The second-order valence-corrected chi connectivity index (χ2v) is 5.35. The minimum absolute atomic E-state index is 0.917. The van der Waals surface area contributed by atoms with Gasteiger partial charge in [-0.3, -0.25) is 4.90 Å². The molecule has 0 atom stereocenters. The third-order valence-electron chi connectivity index (χ3n) is 3.68. The van der Waals surface area contributed by atoms with E-state index in [1.54, 1.807) is 0 Å². The smallest absolute Gasteiger partial charge is 0.118 e. The van der Waals surface area contributed by atoms with Gasteiger partial charge in [-0.25, -0.2) is 0 Å². The summed E-state index contributed by atoms with van der Waals surface area (Å²) in [7, 11) is 0. The van der Waals surface area contributed by atoms with Crippen LogP contribution in [0.25, 0.3) is 0 Å². The Morgan fingerprint density at radius 3 is 2.78 bits per heavy atom. The number of rotatable bonds is 8. The summed E-state index contributed by atoms with van der Waals surface area (Å²) >= 11 is 0. The van der Waals surface area contributed by atoms with E-state index in [1.807, 2.05) is 0 Å². The molecule has 0 bridgehead atoms. The van der Waals surface area contributed by atoms with Gasteiger partial charge in [0.1, 0.15) is 11.5 Å². The minimum Gasteiger partial charge on any atom is -0.465 e. The van der Waals surface area contributed by atoms with E-state index in [-0.39, 0.29) is 0 Å². The zero-order chi connectivity index (χ0) is 13.0. The second-order valence-electron chi connectivity index (χ2n) is 5.35. The van der Waals surface area contributed by atoms with E-state index >= 15 is 0 Å². The van der Waals surface area contributed by atoms with Gasteiger partial charge in [0.2, 0.25) is 0 Å². The number of nitrogens with one attached hydrogen (secondary N) is 1. The van der Waals surface area contributed by atoms with Crippen LogP contribution in [0.1, 0.15) is 43.8 Å². The molecule has 2 rings (SSSR count). The summed E-state index contributed by atoms with van der Waals surface area (Å²) in [5, 5.41) is 3.35. The van der Waals surface area contributed by atoms with Gasteiger partial charge in [-0.1, -0.05) is 13.8 Å². The fraction of sp³-hybridized carbons (Fsp3) is 0.733. The Kier molecular flexibility index (Phi) is 4.84. The van der Waals surface area contributed by atoms with Crippen LogP contribution >= 0.6 is 0 Å². The average Bonchev–Trinajstić information content (AvgIpc) is 3.10. The number of hydrogen-bond acceptors (Lipinski definition) is 3. The van der Waals surface area contributed by atoms with Gasteiger partial charge in [0.05, 0.1) is 6.54 Å². The highest BCUT2D eigenvalue weighted by atomic mass is 16.3. The lowest BCUT2D eigenvalue weighted by molar-refractivity contribution is 0.244. The van der Waals surface area contributed by atoms with Gasteiger partial charge in [-0.15, -0.1) is 0 Å². The van der Waals surface area contributed by atoms with Crippen LogP contribution in [0.4, 0.5) is 0 Å². The Hall–Kier alpha value is -0.800. The molecule has 3 heteroatoms. The molecule has 1 N–H and O–H groups in total. The average molecular weight is 250 g/mol. The molecule has 1 aromatic rings. The number of aryl methyl sites for hydroxylation is 1. The van der Waals surface area contributed by atoms with Crippen molar-refractivity contribution in [1.29, 1.82) is 0 Å². The van der Waals surface area contributed by atoms with Crippen molar-refractivity contribution in [1.82, 2.24) is 10.2 Å². The summed E-state index contributed by atoms with van der Waals surface area (Å²) in [5.41, 5.74) is 1.30. The predicted molar refractivity (Wildman–Crippen MR) is 74.5 cm³/mol. The normalized spacial score (nSPS) is 15.6. The second kappa shape index (κ2) is 6.39. The van der Waals surface area contributed by atoms with Gasteiger partial charge in [0.15, 0.2) is 0 Å². The first-order valence-corrected chi connectivity index (χ1v) is 7.24. The molecule has 0 saturated heterocycles. The third kappa shape index (κ3) is 3.85. The fourth-order valence-corrected chi connectivity index (χ4v) is 2.29. The van der Waals surface area contributed by atoms with E-state index in [0.717, 1.165) is 43.6 Å². The molecule has 1 fully saturated rings. The molecule has 0 aromatic carbocycles. The molecule has 102 valence electrons. The molecule has 0 spiro atoms. The molecule has 1 aliphatic rings. The fourth-order valence-electron chi connectivity index (χ4n) is 2.29. The Labute approximate surface area is 111 Å². The van der Waals surface area contributed by atoms with Crippen LogP contribution in [0, 0.1) is 12.8 Å². The molecular formula is C15H26N2O. The first kappa shape index (κ1) is 13.6. The van der Waals surface area contributed by atoms with Crippen molar-refractivity contribution < 1.29 is 4.42 Å². The lowest BCUT2D eigenvalue weighted by Crippen LogP contribution is -2.24. The molecule has 3 nitrogen and oxygen atoms in total. The molecule has 0 aliphatic heterocycles. The monoisotopic (exact) mass is 250 g/mol. The summed E-state index contributed by atoms with van der Waals surface area (Å²) in [6, 6.07) is 2.22. The molecule has 0 unspecified atom stereocenters. The SMILES string of the molecule is CCNCc1cc(CN(CC)CC2CC2)oc1C. The van der Waals surface area contributed by atoms with Crippen molar-refractivity contribution in [2.75, 3.05) is 19.6 Å². The van der Waals surface area contributed by atoms with Crippen LogP contribution in [0.5, 0.6) is 0 Å². The Bertz CT molecular complexity index is 369. The van der Waals surface area contributed by atoms with Gasteiger partial charge in [0, 0.05) is 18.7 Å². The zero-order valence-corrected chi connectivity index (χ0v) is 12.0. The van der Waals surface area contributed by atoms with E-state index < -0.39 is 0 Å². The van der Waals surface area contributed by atoms with E-state index in [0.29, 0.717) is 0 Å². The topological polar surface area (TPSA) is 28.4 Å². The Morgan fingerprint density at radius 1 is 1.39 bits per heavy atom. The largest absolute Gasteiger partial charge is 0.465 e. The van der Waals surface area contributed by atoms with Crippen molar-refractivity contribution in [2.24, 2.45) is 5.92 Å². The Balaban J connectivity index is 1.90. The van der Waals surface area contributed by atoms with Crippen LogP contribution in [-0.2, 0) is 13.1 Å². The van der Waals surface area contributed by atoms with Gasteiger partial charge in [-0.05, 0) is 44.8 Å². The maximum absolute atomic E-state index is 5.86. The highest BCUT2D eigenvalue weighted by Crippen LogP contribution is 2.30. The highest BCUT2D eigenvalue weighted by molar-refractivity contribution is 5.20. The van der Waals surface area contributed by atoms with Gasteiger partial charge < -0.3 is 9.73 Å². The minimum atomic E-state index is 0.917. The first-order chi connectivity index (χ1) is 8.72. The lowest BCUT2D eigenvalue weighted by Gasteiger charge is -2.18. The van der Waals surface area contributed by atoms with E-state index in [1.165, 1.54) is 24.9 Å². The summed E-state index contributed by atoms with van der Waals surface area (Å²) in [4.78, 5) is 2.49. The predicted octanol–water partition coefficient (Wildman–Crippen LogP) is 2.93. The van der Waals surface area contributed by atoms with Crippen LogP contribution in [-0.4, -0.2) is 24.5 Å². The van der Waals surface area contributed by atoms with Gasteiger partial charge in [-0.2, -0.15) is 0 Å². The summed E-state index contributed by atoms with van der Waals surface area (Å²) in [5.74, 6) is 3.12. The molecule has 1 saturated carbocycles. The molecule has 0 radical (unpaired) electrons. The first-order valence-electron chi connectivity index (χ1n) is 7.24. The quantitative estimate of drug-likeness (QED) is 0.769. The summed E-state index contributed by atoms with van der Waals surface area (Å²) in [6.07, 6.45) is 2.83. The lowest BCUT2D eigenvalue weighted by atomic mass is 10.2. The standard InChI is InChI=1S/C15H26N2O/c1-4-16-9-14-8-15(18-12(14)3)11-17(5-2)10-13-6-7-13/h8,13,16H,4-7,9-11H2,1-3H3. The van der Waals surface area contributed by atoms with Gasteiger partial charge >= 0.3 is 0 Å². The van der Waals surface area contributed by atoms with Crippen LogP contribution in [0.2, 0.25) is 0 Å². The van der Waals surface area contributed by atoms with Crippen molar-refractivity contribution in [2.45, 2.75) is 46.7 Å². The van der Waals surface area contributed by atoms with Crippen molar-refractivity contribution in [3.63, 3.8) is 0 Å². The van der Waals surface area contributed by atoms with E-state index in [2.05, 4.69) is 37.1 Å². The number of furan rings is 1. The summed E-state index contributed by atoms with van der Waals surface area (Å²) < 4.78 is 5.86.